The summed E-state index contributed by atoms with van der Waals surface area (Å²) in [5.74, 6) is 1.33. The summed E-state index contributed by atoms with van der Waals surface area (Å²) in [5, 5.41) is 7.25. The average molecular weight is 386 g/mol. The number of aromatic nitrogens is 5. The lowest BCUT2D eigenvalue weighted by atomic mass is 9.80. The second-order valence-corrected chi connectivity index (χ2v) is 7.61. The highest BCUT2D eigenvalue weighted by atomic mass is 16.1. The Balaban J connectivity index is 1.27. The van der Waals surface area contributed by atoms with Gasteiger partial charge < -0.3 is 5.32 Å². The number of hydrogen-bond donors (Lipinski definition) is 1. The number of hydrogen-bond acceptors (Lipinski definition) is 4. The first-order valence-electron chi connectivity index (χ1n) is 9.86. The van der Waals surface area contributed by atoms with Crippen LogP contribution in [-0.2, 0) is 0 Å². The normalized spacial score (nSPS) is 18.5. The van der Waals surface area contributed by atoms with Crippen LogP contribution in [0.1, 0.15) is 35.1 Å². The molecule has 0 saturated heterocycles. The molecule has 4 aromatic rings. The van der Waals surface area contributed by atoms with E-state index in [1.54, 1.807) is 12.7 Å². The van der Waals surface area contributed by atoms with E-state index in [0.29, 0.717) is 24.1 Å². The van der Waals surface area contributed by atoms with Crippen molar-refractivity contribution in [3.63, 3.8) is 0 Å². The molecule has 2 aromatic heterocycles. The topological polar surface area (TPSA) is 77.6 Å². The van der Waals surface area contributed by atoms with E-state index >= 15 is 0 Å². The minimum atomic E-state index is -0.0528. The highest BCUT2D eigenvalue weighted by Crippen LogP contribution is 2.36. The van der Waals surface area contributed by atoms with Gasteiger partial charge in [-0.25, -0.2) is 14.6 Å². The van der Waals surface area contributed by atoms with Crippen LogP contribution in [0.5, 0.6) is 0 Å². The molecule has 7 nitrogen and oxygen atoms in total. The first-order valence-corrected chi connectivity index (χ1v) is 9.86. The molecular formula is C22H22N6O. The predicted molar refractivity (Wildman–Crippen MR) is 110 cm³/mol. The molecule has 0 bridgehead atoms. The van der Waals surface area contributed by atoms with Crippen molar-refractivity contribution in [1.82, 2.24) is 29.6 Å². The SMILES string of the molecule is Cc1nc2cc(C(=O)NCC3CC(n4cncn4)C3)ccc2n1-c1ccccc1. The van der Waals surface area contributed by atoms with Gasteiger partial charge in [-0.3, -0.25) is 9.36 Å². The molecule has 0 aliphatic heterocycles. The maximum atomic E-state index is 12.6. The summed E-state index contributed by atoms with van der Waals surface area (Å²) in [6, 6.07) is 16.2. The van der Waals surface area contributed by atoms with Gasteiger partial charge in [0.1, 0.15) is 18.5 Å². The molecular weight excluding hydrogens is 364 g/mol. The molecule has 1 fully saturated rings. The zero-order chi connectivity index (χ0) is 19.8. The van der Waals surface area contributed by atoms with Crippen LogP contribution in [0.2, 0.25) is 0 Å². The fourth-order valence-electron chi connectivity index (χ4n) is 4.07. The van der Waals surface area contributed by atoms with Crippen molar-refractivity contribution < 1.29 is 4.79 Å². The molecule has 1 aliphatic carbocycles. The van der Waals surface area contributed by atoms with Gasteiger partial charge in [-0.2, -0.15) is 5.10 Å². The zero-order valence-corrected chi connectivity index (χ0v) is 16.2. The quantitative estimate of drug-likeness (QED) is 0.571. The van der Waals surface area contributed by atoms with E-state index in [1.807, 2.05) is 48.0 Å². The molecule has 2 aromatic carbocycles. The monoisotopic (exact) mass is 386 g/mol. The number of carbonyl (C=O) groups excluding carboxylic acids is 1. The van der Waals surface area contributed by atoms with Gasteiger partial charge in [0.2, 0.25) is 0 Å². The summed E-state index contributed by atoms with van der Waals surface area (Å²) in [6.07, 6.45) is 5.35. The third-order valence-corrected chi connectivity index (χ3v) is 5.67. The third kappa shape index (κ3) is 3.29. The minimum Gasteiger partial charge on any atom is -0.352 e. The maximum Gasteiger partial charge on any atom is 0.251 e. The summed E-state index contributed by atoms with van der Waals surface area (Å²) in [7, 11) is 0. The highest BCUT2D eigenvalue weighted by molar-refractivity contribution is 5.97. The van der Waals surface area contributed by atoms with Crippen molar-refractivity contribution >= 4 is 16.9 Å². The number of imidazole rings is 1. The Bertz CT molecular complexity index is 1140. The molecule has 0 atom stereocenters. The van der Waals surface area contributed by atoms with Crippen LogP contribution < -0.4 is 5.32 Å². The number of carbonyl (C=O) groups is 1. The summed E-state index contributed by atoms with van der Waals surface area (Å²) in [4.78, 5) is 21.3. The molecule has 146 valence electrons. The van der Waals surface area contributed by atoms with Crippen LogP contribution in [0.4, 0.5) is 0 Å². The molecule has 5 rings (SSSR count). The van der Waals surface area contributed by atoms with Gasteiger partial charge in [0.15, 0.2) is 0 Å². The number of rotatable bonds is 5. The molecule has 1 saturated carbocycles. The molecule has 0 spiro atoms. The van der Waals surface area contributed by atoms with Crippen molar-refractivity contribution in [1.29, 1.82) is 0 Å². The first-order chi connectivity index (χ1) is 14.2. The average Bonchev–Trinajstić information content (AvgIpc) is 3.33. The summed E-state index contributed by atoms with van der Waals surface area (Å²) in [5.41, 5.74) is 3.53. The van der Waals surface area contributed by atoms with Gasteiger partial charge in [-0.15, -0.1) is 0 Å². The molecule has 1 aliphatic rings. The van der Waals surface area contributed by atoms with Gasteiger partial charge >= 0.3 is 0 Å². The lowest BCUT2D eigenvalue weighted by Crippen LogP contribution is -2.37. The molecule has 29 heavy (non-hydrogen) atoms. The van der Waals surface area contributed by atoms with Gasteiger partial charge in [-0.1, -0.05) is 18.2 Å². The first kappa shape index (κ1) is 17.6. The van der Waals surface area contributed by atoms with E-state index < -0.39 is 0 Å². The van der Waals surface area contributed by atoms with E-state index in [4.69, 9.17) is 0 Å². The zero-order valence-electron chi connectivity index (χ0n) is 16.2. The van der Waals surface area contributed by atoms with Gasteiger partial charge in [0, 0.05) is 17.8 Å². The fourth-order valence-corrected chi connectivity index (χ4v) is 4.07. The number of aryl methyl sites for hydroxylation is 1. The van der Waals surface area contributed by atoms with Gasteiger partial charge in [0.25, 0.3) is 5.91 Å². The van der Waals surface area contributed by atoms with Crippen LogP contribution in [0, 0.1) is 12.8 Å². The molecule has 1 N–H and O–H groups in total. The number of fused-ring (bicyclic) bond motifs is 1. The lowest BCUT2D eigenvalue weighted by Gasteiger charge is -2.35. The smallest absolute Gasteiger partial charge is 0.251 e. The summed E-state index contributed by atoms with van der Waals surface area (Å²) >= 11 is 0. The maximum absolute atomic E-state index is 12.6. The summed E-state index contributed by atoms with van der Waals surface area (Å²) < 4.78 is 4.01. The van der Waals surface area contributed by atoms with Crippen molar-refractivity contribution in [3.05, 3.63) is 72.6 Å². The van der Waals surface area contributed by atoms with Crippen LogP contribution in [0.25, 0.3) is 16.7 Å². The Hall–Kier alpha value is -3.48. The Morgan fingerprint density at radius 1 is 1.17 bits per heavy atom. The minimum absolute atomic E-state index is 0.0528. The number of nitrogens with one attached hydrogen (secondary N) is 1. The largest absolute Gasteiger partial charge is 0.352 e. The number of benzene rings is 2. The van der Waals surface area contributed by atoms with E-state index in [-0.39, 0.29) is 5.91 Å². The highest BCUT2D eigenvalue weighted by Gasteiger charge is 2.31. The fraction of sp³-hybridized carbons (Fsp3) is 0.273. The van der Waals surface area contributed by atoms with E-state index in [9.17, 15) is 4.79 Å². The lowest BCUT2D eigenvalue weighted by molar-refractivity contribution is 0.0923. The van der Waals surface area contributed by atoms with Crippen molar-refractivity contribution in [2.75, 3.05) is 6.54 Å². The molecule has 2 heterocycles. The Morgan fingerprint density at radius 2 is 2.00 bits per heavy atom. The van der Waals surface area contributed by atoms with E-state index in [1.165, 1.54) is 0 Å². The van der Waals surface area contributed by atoms with Crippen LogP contribution >= 0.6 is 0 Å². The van der Waals surface area contributed by atoms with E-state index in [2.05, 4.69) is 37.1 Å². The third-order valence-electron chi connectivity index (χ3n) is 5.67. The molecule has 0 unspecified atom stereocenters. The number of para-hydroxylation sites is 1. The molecule has 7 heteroatoms. The van der Waals surface area contributed by atoms with Crippen molar-refractivity contribution in [2.24, 2.45) is 5.92 Å². The van der Waals surface area contributed by atoms with Crippen molar-refractivity contribution in [3.8, 4) is 5.69 Å². The summed E-state index contributed by atoms with van der Waals surface area (Å²) in [6.45, 7) is 2.66. The van der Waals surface area contributed by atoms with Gasteiger partial charge in [0.05, 0.1) is 17.1 Å². The standard InChI is InChI=1S/C22H22N6O/c1-15-26-20-11-17(7-8-21(20)28(15)18-5-3-2-4-6-18)22(29)24-12-16-9-19(10-16)27-14-23-13-25-27/h2-8,11,13-14,16,19H,9-10,12H2,1H3,(H,24,29). The Labute approximate surface area is 168 Å². The van der Waals surface area contributed by atoms with E-state index in [0.717, 1.165) is 35.4 Å². The van der Waals surface area contributed by atoms with Crippen LogP contribution in [-0.4, -0.2) is 36.8 Å². The number of amides is 1. The van der Waals surface area contributed by atoms with Crippen LogP contribution in [0.3, 0.4) is 0 Å². The van der Waals surface area contributed by atoms with Gasteiger partial charge in [-0.05, 0) is 56.0 Å². The molecule has 0 radical (unpaired) electrons. The van der Waals surface area contributed by atoms with Crippen LogP contribution in [0.15, 0.2) is 61.2 Å². The molecule has 1 amide bonds. The van der Waals surface area contributed by atoms with Crippen molar-refractivity contribution in [2.45, 2.75) is 25.8 Å². The second kappa shape index (κ2) is 7.16. The number of nitrogens with zero attached hydrogens (tertiary/aromatic N) is 5. The Kier molecular flexibility index (Phi) is 4.35. The Morgan fingerprint density at radius 3 is 2.76 bits per heavy atom. The predicted octanol–water partition coefficient (Wildman–Crippen LogP) is 3.31. The second-order valence-electron chi connectivity index (χ2n) is 7.61.